The normalized spacial score (nSPS) is 19.9. The highest BCUT2D eigenvalue weighted by Crippen LogP contribution is 2.33. The summed E-state index contributed by atoms with van der Waals surface area (Å²) in [6, 6.07) is 1.86. The van der Waals surface area contributed by atoms with Crippen LogP contribution in [0.2, 0.25) is 0 Å². The minimum Gasteiger partial charge on any atom is -0.382 e. The van der Waals surface area contributed by atoms with Crippen molar-refractivity contribution < 1.29 is 9.90 Å². The predicted octanol–water partition coefficient (Wildman–Crippen LogP) is 2.54. The highest BCUT2D eigenvalue weighted by atomic mass is 32.1. The van der Waals surface area contributed by atoms with E-state index in [-0.39, 0.29) is 5.78 Å². The first kappa shape index (κ1) is 9.87. The van der Waals surface area contributed by atoms with Crippen LogP contribution in [0.25, 0.3) is 0 Å². The molecule has 3 heteroatoms. The van der Waals surface area contributed by atoms with E-state index in [4.69, 9.17) is 0 Å². The van der Waals surface area contributed by atoms with Gasteiger partial charge in [0.15, 0.2) is 0 Å². The summed E-state index contributed by atoms with van der Waals surface area (Å²) in [6.45, 7) is 1.96. The summed E-state index contributed by atoms with van der Waals surface area (Å²) >= 11 is 1.43. The Hall–Kier alpha value is -0.670. The molecule has 0 bridgehead atoms. The largest absolute Gasteiger partial charge is 0.382 e. The van der Waals surface area contributed by atoms with Crippen LogP contribution in [0.5, 0.6) is 0 Å². The molecule has 1 aromatic rings. The minimum atomic E-state index is -1.06. The van der Waals surface area contributed by atoms with Crippen molar-refractivity contribution in [3.05, 3.63) is 21.9 Å². The molecule has 1 fully saturated rings. The van der Waals surface area contributed by atoms with Crippen molar-refractivity contribution in [2.24, 2.45) is 0 Å². The first-order valence-electron chi connectivity index (χ1n) is 4.94. The molecule has 1 aliphatic carbocycles. The lowest BCUT2D eigenvalue weighted by atomic mass is 9.95. The van der Waals surface area contributed by atoms with Crippen LogP contribution in [0.1, 0.15) is 40.9 Å². The molecule has 0 aromatic carbocycles. The summed E-state index contributed by atoms with van der Waals surface area (Å²) in [5.41, 5.74) is 0.0389. The van der Waals surface area contributed by atoms with Gasteiger partial charge in [0.25, 0.3) is 0 Å². The first-order chi connectivity index (χ1) is 6.62. The third-order valence-electron chi connectivity index (χ3n) is 2.81. The van der Waals surface area contributed by atoms with Crippen LogP contribution in [-0.4, -0.2) is 16.5 Å². The fourth-order valence-electron chi connectivity index (χ4n) is 1.97. The zero-order valence-electron chi connectivity index (χ0n) is 8.25. The Balaban J connectivity index is 2.23. The first-order valence-corrected chi connectivity index (χ1v) is 5.82. The maximum absolute atomic E-state index is 11.9. The molecule has 0 aliphatic heterocycles. The van der Waals surface area contributed by atoms with Gasteiger partial charge in [-0.1, -0.05) is 0 Å². The summed E-state index contributed by atoms with van der Waals surface area (Å²) in [6.07, 6.45) is 3.19. The zero-order valence-corrected chi connectivity index (χ0v) is 9.06. The number of aliphatic hydroxyl groups is 1. The number of rotatable bonds is 2. The summed E-state index contributed by atoms with van der Waals surface area (Å²) < 4.78 is 0. The van der Waals surface area contributed by atoms with Crippen molar-refractivity contribution in [3.8, 4) is 0 Å². The number of aryl methyl sites for hydroxylation is 1. The van der Waals surface area contributed by atoms with Gasteiger partial charge in [0.05, 0.1) is 4.88 Å². The van der Waals surface area contributed by atoms with E-state index in [1.165, 1.54) is 11.3 Å². The second-order valence-electron chi connectivity index (χ2n) is 4.06. The number of carbonyl (C=O) groups excluding carboxylic acids is 1. The lowest BCUT2D eigenvalue weighted by Gasteiger charge is -2.18. The molecule has 2 rings (SSSR count). The van der Waals surface area contributed by atoms with E-state index in [0.29, 0.717) is 17.7 Å². The standard InChI is InChI=1S/C11H14O2S/c1-8-6-9(14-7-8)10(12)11(13)4-2-3-5-11/h6-7,13H,2-5H2,1H3. The molecule has 1 heterocycles. The highest BCUT2D eigenvalue weighted by molar-refractivity contribution is 7.12. The summed E-state index contributed by atoms with van der Waals surface area (Å²) in [7, 11) is 0. The van der Waals surface area contributed by atoms with Crippen molar-refractivity contribution in [1.29, 1.82) is 0 Å². The Bertz CT molecular complexity index is 348. The van der Waals surface area contributed by atoms with E-state index >= 15 is 0 Å². The van der Waals surface area contributed by atoms with Crippen LogP contribution < -0.4 is 0 Å². The van der Waals surface area contributed by atoms with E-state index in [0.717, 1.165) is 18.4 Å². The van der Waals surface area contributed by atoms with Crippen molar-refractivity contribution in [2.45, 2.75) is 38.2 Å². The Morgan fingerprint density at radius 1 is 1.50 bits per heavy atom. The van der Waals surface area contributed by atoms with Crippen molar-refractivity contribution in [1.82, 2.24) is 0 Å². The van der Waals surface area contributed by atoms with E-state index < -0.39 is 5.60 Å². The van der Waals surface area contributed by atoms with Crippen LogP contribution in [0.4, 0.5) is 0 Å². The molecule has 0 amide bonds. The average Bonchev–Trinajstić information content (AvgIpc) is 2.74. The lowest BCUT2D eigenvalue weighted by molar-refractivity contribution is 0.0357. The molecule has 0 spiro atoms. The average molecular weight is 210 g/mol. The number of hydrogen-bond acceptors (Lipinski definition) is 3. The molecular formula is C11H14O2S. The molecule has 0 unspecified atom stereocenters. The quantitative estimate of drug-likeness (QED) is 0.762. The topological polar surface area (TPSA) is 37.3 Å². The van der Waals surface area contributed by atoms with Crippen molar-refractivity contribution >= 4 is 17.1 Å². The molecule has 1 N–H and O–H groups in total. The molecule has 0 atom stereocenters. The van der Waals surface area contributed by atoms with Gasteiger partial charge in [0, 0.05) is 0 Å². The van der Waals surface area contributed by atoms with Crippen LogP contribution in [-0.2, 0) is 0 Å². The highest BCUT2D eigenvalue weighted by Gasteiger charge is 2.39. The third-order valence-corrected chi connectivity index (χ3v) is 3.85. The van der Waals surface area contributed by atoms with Gasteiger partial charge in [-0.05, 0) is 49.6 Å². The predicted molar refractivity (Wildman–Crippen MR) is 56.8 cm³/mol. The molecule has 1 aromatic heterocycles. The van der Waals surface area contributed by atoms with Gasteiger partial charge in [-0.3, -0.25) is 4.79 Å². The fraction of sp³-hybridized carbons (Fsp3) is 0.545. The summed E-state index contributed by atoms with van der Waals surface area (Å²) in [4.78, 5) is 12.6. The number of Topliss-reactive ketones (excluding diaryl/α,β-unsaturated/α-hetero) is 1. The van der Waals surface area contributed by atoms with E-state index in [1.807, 2.05) is 18.4 Å². The summed E-state index contributed by atoms with van der Waals surface area (Å²) in [5, 5.41) is 12.0. The van der Waals surface area contributed by atoms with Crippen molar-refractivity contribution in [3.63, 3.8) is 0 Å². The molecule has 76 valence electrons. The van der Waals surface area contributed by atoms with Gasteiger partial charge in [-0.25, -0.2) is 0 Å². The molecule has 2 nitrogen and oxygen atoms in total. The third kappa shape index (κ3) is 1.62. The van der Waals surface area contributed by atoms with Crippen LogP contribution in [0.3, 0.4) is 0 Å². The van der Waals surface area contributed by atoms with E-state index in [9.17, 15) is 9.90 Å². The van der Waals surface area contributed by atoms with E-state index in [1.54, 1.807) is 0 Å². The van der Waals surface area contributed by atoms with Gasteiger partial charge < -0.3 is 5.11 Å². The molecule has 1 saturated carbocycles. The van der Waals surface area contributed by atoms with Gasteiger partial charge in [0.2, 0.25) is 5.78 Å². The summed E-state index contributed by atoms with van der Waals surface area (Å²) in [5.74, 6) is -0.0758. The molecule has 0 saturated heterocycles. The number of ketones is 1. The van der Waals surface area contributed by atoms with E-state index in [2.05, 4.69) is 0 Å². The molecule has 1 aliphatic rings. The Kier molecular flexibility index (Phi) is 2.45. The van der Waals surface area contributed by atoms with Gasteiger partial charge in [-0.15, -0.1) is 11.3 Å². The van der Waals surface area contributed by atoms with Crippen molar-refractivity contribution in [2.75, 3.05) is 0 Å². The SMILES string of the molecule is Cc1csc(C(=O)C2(O)CCCC2)c1. The van der Waals surface area contributed by atoms with Crippen LogP contribution in [0, 0.1) is 6.92 Å². The van der Waals surface area contributed by atoms with Crippen LogP contribution in [0.15, 0.2) is 11.4 Å². The van der Waals surface area contributed by atoms with Gasteiger partial charge >= 0.3 is 0 Å². The fourth-order valence-corrected chi connectivity index (χ4v) is 2.90. The van der Waals surface area contributed by atoms with Crippen LogP contribution >= 0.6 is 11.3 Å². The number of thiophene rings is 1. The van der Waals surface area contributed by atoms with Gasteiger partial charge in [-0.2, -0.15) is 0 Å². The second-order valence-corrected chi connectivity index (χ2v) is 4.97. The molecular weight excluding hydrogens is 196 g/mol. The maximum Gasteiger partial charge on any atom is 0.204 e. The Morgan fingerprint density at radius 3 is 2.64 bits per heavy atom. The zero-order chi connectivity index (χ0) is 10.2. The second kappa shape index (κ2) is 3.48. The minimum absolute atomic E-state index is 0.0758. The molecule has 0 radical (unpaired) electrons. The lowest BCUT2D eigenvalue weighted by Crippen LogP contribution is -2.34. The number of carbonyl (C=O) groups is 1. The Labute approximate surface area is 87.6 Å². The maximum atomic E-state index is 11.9. The number of hydrogen-bond donors (Lipinski definition) is 1. The van der Waals surface area contributed by atoms with Gasteiger partial charge in [0.1, 0.15) is 5.60 Å². The Morgan fingerprint density at radius 2 is 2.14 bits per heavy atom. The molecule has 14 heavy (non-hydrogen) atoms. The smallest absolute Gasteiger partial charge is 0.204 e. The monoisotopic (exact) mass is 210 g/mol.